The number of aromatic hydroxyl groups is 3. The molecule has 16 nitrogen and oxygen atoms in total. The Kier molecular flexibility index (Phi) is 16.2. The van der Waals surface area contributed by atoms with Gasteiger partial charge in [0.1, 0.15) is 30.5 Å². The second-order valence-corrected chi connectivity index (χ2v) is 18.4. The van der Waals surface area contributed by atoms with Crippen molar-refractivity contribution in [3.63, 3.8) is 0 Å². The van der Waals surface area contributed by atoms with Crippen molar-refractivity contribution in [2.75, 3.05) is 33.0 Å². The highest BCUT2D eigenvalue weighted by molar-refractivity contribution is 6.00. The van der Waals surface area contributed by atoms with Crippen molar-refractivity contribution in [2.24, 2.45) is 17.6 Å². The first kappa shape index (κ1) is 49.7. The average molecular weight is 929 g/mol. The van der Waals surface area contributed by atoms with Gasteiger partial charge in [0.2, 0.25) is 0 Å². The fraction of sp³-hybridized carbons (Fsp3) is 0.510. The van der Waals surface area contributed by atoms with Gasteiger partial charge >= 0.3 is 5.97 Å². The highest BCUT2D eigenvalue weighted by Crippen LogP contribution is 2.58. The largest absolute Gasteiger partial charge is 0.504 e. The minimum Gasteiger partial charge on any atom is -0.504 e. The predicted octanol–water partition coefficient (Wildman–Crippen LogP) is 4.33. The SMILES string of the molecule is NCCOc1ccc(/C=C/C(=O)CO[C@@]2(C(=O)O)C[C@@H](O)[C@H]3OC[C@H](CCc4ccccc4)C[C@]4(C(=O)/C=C/c5cc(O)c(O)cc5CO)CC[C@H]2[C@@]3([C@H](CO)NC2CCCCC2)O4)cc1O. The molecule has 3 aromatic rings. The van der Waals surface area contributed by atoms with Crippen LogP contribution in [0, 0.1) is 11.8 Å². The zero-order valence-corrected chi connectivity index (χ0v) is 37.6. The zero-order chi connectivity index (χ0) is 47.8. The molecule has 2 bridgehead atoms. The van der Waals surface area contributed by atoms with Crippen molar-refractivity contribution in [3.05, 3.63) is 95.1 Å². The second kappa shape index (κ2) is 21.8. The Labute approximate surface area is 390 Å². The maximum atomic E-state index is 15.2. The Hall–Kier alpha value is -5.17. The molecule has 2 aliphatic carbocycles. The maximum absolute atomic E-state index is 15.2. The molecule has 0 aromatic heterocycles. The molecule has 2 saturated heterocycles. The van der Waals surface area contributed by atoms with Crippen molar-refractivity contribution in [1.82, 2.24) is 5.32 Å². The van der Waals surface area contributed by atoms with Gasteiger partial charge in [-0.2, -0.15) is 0 Å². The number of aliphatic carboxylic acids is 1. The number of nitrogens with two attached hydrogens (primary N) is 1. The van der Waals surface area contributed by atoms with Crippen LogP contribution < -0.4 is 15.8 Å². The summed E-state index contributed by atoms with van der Waals surface area (Å²) in [4.78, 5) is 42.7. The molecule has 16 heteroatoms. The molecule has 0 amide bonds. The normalized spacial score (nSPS) is 28.2. The van der Waals surface area contributed by atoms with Crippen molar-refractivity contribution < 1.29 is 69.1 Å². The number of ketones is 2. The number of carboxylic acids is 1. The number of hydrogen-bond donors (Lipinski definition) is 9. The van der Waals surface area contributed by atoms with E-state index in [1.807, 2.05) is 30.3 Å². The van der Waals surface area contributed by atoms with Gasteiger partial charge in [0, 0.05) is 24.9 Å². The van der Waals surface area contributed by atoms with Crippen LogP contribution in [0.1, 0.15) is 86.5 Å². The summed E-state index contributed by atoms with van der Waals surface area (Å²) in [5.41, 5.74) is 1.66. The lowest BCUT2D eigenvalue weighted by Crippen LogP contribution is -2.81. The molecule has 0 radical (unpaired) electrons. The molecule has 3 aromatic carbocycles. The van der Waals surface area contributed by atoms with Gasteiger partial charge in [0.15, 0.2) is 40.2 Å². The number of aliphatic hydroxyl groups is 3. The lowest BCUT2D eigenvalue weighted by atomic mass is 9.55. The quantitative estimate of drug-likeness (QED) is 0.0564. The van der Waals surface area contributed by atoms with Crippen LogP contribution in [0.2, 0.25) is 0 Å². The molecule has 10 N–H and O–H groups in total. The number of phenols is 3. The fourth-order valence-corrected chi connectivity index (χ4v) is 10.9. The van der Waals surface area contributed by atoms with E-state index < -0.39 is 96.2 Å². The lowest BCUT2D eigenvalue weighted by molar-refractivity contribution is -0.344. The van der Waals surface area contributed by atoms with Crippen LogP contribution in [0.5, 0.6) is 23.0 Å². The van der Waals surface area contributed by atoms with Crippen LogP contribution in [0.15, 0.2) is 72.8 Å². The fourth-order valence-electron chi connectivity index (χ4n) is 10.9. The van der Waals surface area contributed by atoms with Gasteiger partial charge in [0.05, 0.1) is 32.0 Å². The molecule has 4 aliphatic rings. The highest BCUT2D eigenvalue weighted by Gasteiger charge is 2.73. The first-order valence-corrected chi connectivity index (χ1v) is 23.3. The van der Waals surface area contributed by atoms with E-state index in [2.05, 4.69) is 5.32 Å². The van der Waals surface area contributed by atoms with E-state index in [0.717, 1.165) is 37.7 Å². The average Bonchev–Trinajstić information content (AvgIpc) is 3.32. The van der Waals surface area contributed by atoms with Gasteiger partial charge in [0.25, 0.3) is 0 Å². The molecule has 4 fully saturated rings. The Balaban J connectivity index is 1.28. The topological polar surface area (TPSA) is 268 Å². The summed E-state index contributed by atoms with van der Waals surface area (Å²) in [5, 5.41) is 79.8. The van der Waals surface area contributed by atoms with E-state index in [0.29, 0.717) is 18.4 Å². The van der Waals surface area contributed by atoms with Crippen LogP contribution in [0.3, 0.4) is 0 Å². The number of rotatable bonds is 20. The molecular formula is C51H64N2O14. The number of aryl methyl sites for hydroxylation is 1. The molecule has 0 unspecified atom stereocenters. The molecular weight excluding hydrogens is 865 g/mol. The molecule has 2 saturated carbocycles. The van der Waals surface area contributed by atoms with Gasteiger partial charge in [-0.1, -0.05) is 67.8 Å². The molecule has 2 heterocycles. The number of hydrogen-bond acceptors (Lipinski definition) is 15. The van der Waals surface area contributed by atoms with Crippen LogP contribution in [0.25, 0.3) is 12.2 Å². The first-order chi connectivity index (χ1) is 32.3. The summed E-state index contributed by atoms with van der Waals surface area (Å²) in [6.45, 7) is -1.32. The number of carbonyl (C=O) groups excluding carboxylic acids is 2. The van der Waals surface area contributed by atoms with E-state index in [4.69, 9.17) is 24.7 Å². The first-order valence-electron chi connectivity index (χ1n) is 23.3. The molecule has 7 rings (SSSR count). The lowest BCUT2D eigenvalue weighted by Gasteiger charge is -2.65. The number of nitrogens with one attached hydrogen (secondary N) is 1. The van der Waals surface area contributed by atoms with Crippen molar-refractivity contribution in [3.8, 4) is 23.0 Å². The summed E-state index contributed by atoms with van der Waals surface area (Å²) < 4.78 is 25.9. The van der Waals surface area contributed by atoms with Gasteiger partial charge in [-0.05, 0) is 110 Å². The maximum Gasteiger partial charge on any atom is 0.336 e. The van der Waals surface area contributed by atoms with Gasteiger partial charge in [-0.15, -0.1) is 0 Å². The van der Waals surface area contributed by atoms with E-state index >= 15 is 4.79 Å². The van der Waals surface area contributed by atoms with Crippen molar-refractivity contribution in [2.45, 2.75) is 118 Å². The van der Waals surface area contributed by atoms with Gasteiger partial charge in [-0.25, -0.2) is 4.79 Å². The number of benzene rings is 3. The molecule has 67 heavy (non-hydrogen) atoms. The van der Waals surface area contributed by atoms with E-state index in [-0.39, 0.29) is 73.6 Å². The summed E-state index contributed by atoms with van der Waals surface area (Å²) in [6, 6.07) is 15.6. The number of carboxylic acid groups (broad SMARTS) is 1. The zero-order valence-electron chi connectivity index (χ0n) is 37.6. The van der Waals surface area contributed by atoms with Crippen LogP contribution in [-0.4, -0.2) is 127 Å². The van der Waals surface area contributed by atoms with Crippen LogP contribution in [0.4, 0.5) is 0 Å². The van der Waals surface area contributed by atoms with E-state index in [1.54, 1.807) is 6.07 Å². The number of ether oxygens (including phenoxy) is 4. The summed E-state index contributed by atoms with van der Waals surface area (Å²) >= 11 is 0. The third-order valence-corrected chi connectivity index (χ3v) is 14.1. The molecule has 362 valence electrons. The van der Waals surface area contributed by atoms with Crippen LogP contribution >= 0.6 is 0 Å². The second-order valence-electron chi connectivity index (χ2n) is 18.4. The van der Waals surface area contributed by atoms with E-state index in [1.165, 1.54) is 48.6 Å². The Morgan fingerprint density at radius 2 is 1.67 bits per heavy atom. The summed E-state index contributed by atoms with van der Waals surface area (Å²) in [7, 11) is 0. The molecule has 0 spiro atoms. The summed E-state index contributed by atoms with van der Waals surface area (Å²) in [6.07, 6.45) is 7.67. The third-order valence-electron chi connectivity index (χ3n) is 14.1. The van der Waals surface area contributed by atoms with Gasteiger partial charge in [-0.3, -0.25) is 9.59 Å². The number of fused-ring (bicyclic) bond motifs is 1. The monoisotopic (exact) mass is 928 g/mol. The predicted molar refractivity (Wildman–Crippen MR) is 246 cm³/mol. The minimum atomic E-state index is -2.28. The molecule has 2 aliphatic heterocycles. The number of phenolic OH excluding ortho intramolecular Hbond substituents is 3. The Morgan fingerprint density at radius 3 is 2.37 bits per heavy atom. The Morgan fingerprint density at radius 1 is 0.910 bits per heavy atom. The van der Waals surface area contributed by atoms with E-state index in [9.17, 15) is 45.3 Å². The van der Waals surface area contributed by atoms with Crippen molar-refractivity contribution >= 4 is 29.7 Å². The standard InChI is InChI=1S/C51H64N2O14/c52-21-22-64-43-17-14-33(23-41(43)59)13-16-38(56)31-66-50(48(62)63)27-42(60)47-51(45(29-55)53-37-9-5-2-6-10-37)44(50)19-20-49(67-51,26-34(30-65-47)12-11-32-7-3-1-4-8-32)46(61)18-15-35-24-39(57)40(58)25-36(35)28-54/h1,3-4,7-8,13-18,23-25,34,37,42,44-45,47,53-55,57-60H,2,5-6,9-12,19-22,26-31,52H2,(H,62,63)/b16-13+,18-15+/t34-,42-,44-,45+,47-,49+,50+,51+/m1/s1. The Bertz CT molecular complexity index is 2260. The smallest absolute Gasteiger partial charge is 0.336 e. The highest BCUT2D eigenvalue weighted by atomic mass is 16.6. The number of carbonyl (C=O) groups is 3. The van der Waals surface area contributed by atoms with Crippen LogP contribution in [-0.2, 0) is 41.6 Å². The molecule has 8 atom stereocenters. The van der Waals surface area contributed by atoms with Crippen molar-refractivity contribution in [1.29, 1.82) is 0 Å². The summed E-state index contributed by atoms with van der Waals surface area (Å²) in [5.74, 6) is -4.92. The number of aliphatic hydroxyl groups excluding tert-OH is 3. The van der Waals surface area contributed by atoms with Gasteiger partial charge < -0.3 is 65.7 Å². The third kappa shape index (κ3) is 10.8. The minimum absolute atomic E-state index is 0.0107.